The first-order valence-corrected chi connectivity index (χ1v) is 11.0. The molecule has 1 N–H and O–H groups in total. The predicted molar refractivity (Wildman–Crippen MR) is 115 cm³/mol. The second-order valence-corrected chi connectivity index (χ2v) is 9.22. The van der Waals surface area contributed by atoms with Crippen molar-refractivity contribution in [1.82, 2.24) is 10.2 Å². The topological polar surface area (TPSA) is 81.2 Å². The molecule has 29 heavy (non-hydrogen) atoms. The number of ether oxygens (including phenoxy) is 1. The monoisotopic (exact) mass is 451 g/mol. The minimum absolute atomic E-state index is 0.0842. The fourth-order valence-electron chi connectivity index (χ4n) is 2.44. The van der Waals surface area contributed by atoms with E-state index in [0.29, 0.717) is 35.3 Å². The molecule has 0 spiro atoms. The maximum Gasteiger partial charge on any atom is 0.263 e. The Morgan fingerprint density at radius 1 is 1.03 bits per heavy atom. The molecule has 152 valence electrons. The Labute approximate surface area is 179 Å². The molecule has 0 saturated heterocycles. The quantitative estimate of drug-likeness (QED) is 0.527. The van der Waals surface area contributed by atoms with Crippen LogP contribution in [0.3, 0.4) is 0 Å². The lowest BCUT2D eigenvalue weighted by atomic mass is 10.1. The zero-order valence-corrected chi connectivity index (χ0v) is 18.1. The lowest BCUT2D eigenvalue weighted by molar-refractivity contribution is 0.258. The van der Waals surface area contributed by atoms with Gasteiger partial charge in [-0.2, -0.15) is 0 Å². The number of rotatable bonds is 7. The number of hydrogen-bond donors (Lipinski definition) is 1. The Morgan fingerprint density at radius 2 is 1.83 bits per heavy atom. The van der Waals surface area contributed by atoms with E-state index in [0.717, 1.165) is 0 Å². The molecule has 0 saturated carbocycles. The van der Waals surface area contributed by atoms with Gasteiger partial charge in [0.15, 0.2) is 0 Å². The van der Waals surface area contributed by atoms with Gasteiger partial charge in [-0.25, -0.2) is 8.42 Å². The fraction of sp³-hybridized carbons (Fsp3) is 0.200. The largest absolute Gasteiger partial charge is 0.476 e. The molecule has 9 heteroatoms. The maximum absolute atomic E-state index is 12.7. The second kappa shape index (κ2) is 8.98. The van der Waals surface area contributed by atoms with Crippen molar-refractivity contribution in [1.29, 1.82) is 0 Å². The number of sulfonamides is 1. The molecule has 0 aliphatic carbocycles. The highest BCUT2D eigenvalue weighted by Gasteiger charge is 2.19. The van der Waals surface area contributed by atoms with Gasteiger partial charge in [0, 0.05) is 22.3 Å². The van der Waals surface area contributed by atoms with Crippen LogP contribution in [0.4, 0.5) is 5.69 Å². The number of nitrogens with one attached hydrogen (secondary N) is 1. The first-order valence-electron chi connectivity index (χ1n) is 8.79. The van der Waals surface area contributed by atoms with E-state index in [9.17, 15) is 8.42 Å². The molecule has 2 aromatic carbocycles. The molecule has 3 rings (SSSR count). The Bertz CT molecular complexity index is 1100. The van der Waals surface area contributed by atoms with Gasteiger partial charge in [0.25, 0.3) is 10.0 Å². The number of halogens is 2. The summed E-state index contributed by atoms with van der Waals surface area (Å²) in [6.07, 6.45) is 0. The summed E-state index contributed by atoms with van der Waals surface area (Å²) in [6, 6.07) is 14.6. The third kappa shape index (κ3) is 5.59. The average Bonchev–Trinajstić information content (AvgIpc) is 2.68. The molecule has 0 amide bonds. The van der Waals surface area contributed by atoms with Crippen LogP contribution in [0.5, 0.6) is 5.88 Å². The highest BCUT2D eigenvalue weighted by molar-refractivity contribution is 7.92. The van der Waals surface area contributed by atoms with Crippen LogP contribution in [-0.2, 0) is 10.0 Å². The maximum atomic E-state index is 12.7. The molecule has 0 atom stereocenters. The van der Waals surface area contributed by atoms with Gasteiger partial charge < -0.3 is 4.74 Å². The molecule has 0 aliphatic heterocycles. The lowest BCUT2D eigenvalue weighted by Crippen LogP contribution is -2.13. The molecule has 0 aliphatic rings. The SMILES string of the molecule is CC(C)COc1ccc(-c2cccc(NS(=O)(=O)c3cc(Cl)ccc3Cl)c2)nn1. The van der Waals surface area contributed by atoms with Gasteiger partial charge in [0.2, 0.25) is 5.88 Å². The molecule has 3 aromatic rings. The first-order chi connectivity index (χ1) is 13.7. The van der Waals surface area contributed by atoms with E-state index < -0.39 is 10.0 Å². The van der Waals surface area contributed by atoms with Crippen LogP contribution < -0.4 is 9.46 Å². The van der Waals surface area contributed by atoms with Crippen molar-refractivity contribution in [3.8, 4) is 17.1 Å². The van der Waals surface area contributed by atoms with Crippen LogP contribution >= 0.6 is 23.2 Å². The van der Waals surface area contributed by atoms with Crippen molar-refractivity contribution < 1.29 is 13.2 Å². The molecular formula is C20H19Cl2N3O3S. The summed E-state index contributed by atoms with van der Waals surface area (Å²) in [5, 5.41) is 8.58. The summed E-state index contributed by atoms with van der Waals surface area (Å²) >= 11 is 11.9. The van der Waals surface area contributed by atoms with Crippen LogP contribution in [0.15, 0.2) is 59.5 Å². The first kappa shape index (κ1) is 21.4. The zero-order valence-electron chi connectivity index (χ0n) is 15.8. The molecule has 0 fully saturated rings. The summed E-state index contributed by atoms with van der Waals surface area (Å²) < 4.78 is 33.4. The third-order valence-corrected chi connectivity index (χ3v) is 5.90. The van der Waals surface area contributed by atoms with Crippen LogP contribution in [0.2, 0.25) is 10.0 Å². The summed E-state index contributed by atoms with van der Waals surface area (Å²) in [6.45, 7) is 4.65. The van der Waals surface area contributed by atoms with Crippen LogP contribution in [-0.4, -0.2) is 25.2 Å². The van der Waals surface area contributed by atoms with E-state index in [1.165, 1.54) is 18.2 Å². The summed E-state index contributed by atoms with van der Waals surface area (Å²) in [4.78, 5) is -0.0940. The van der Waals surface area contributed by atoms with E-state index in [-0.39, 0.29) is 14.9 Å². The van der Waals surface area contributed by atoms with Gasteiger partial charge >= 0.3 is 0 Å². The van der Waals surface area contributed by atoms with E-state index in [2.05, 4.69) is 14.9 Å². The third-order valence-electron chi connectivity index (χ3n) is 3.80. The van der Waals surface area contributed by atoms with E-state index in [1.54, 1.807) is 30.3 Å². The number of nitrogens with zero attached hydrogens (tertiary/aromatic N) is 2. The molecule has 0 bridgehead atoms. The van der Waals surface area contributed by atoms with Crippen molar-refractivity contribution in [3.63, 3.8) is 0 Å². The van der Waals surface area contributed by atoms with Crippen molar-refractivity contribution in [2.75, 3.05) is 11.3 Å². The van der Waals surface area contributed by atoms with Gasteiger partial charge in [-0.1, -0.05) is 49.2 Å². The fourth-order valence-corrected chi connectivity index (χ4v) is 4.25. The molecular weight excluding hydrogens is 433 g/mol. The van der Waals surface area contributed by atoms with Crippen molar-refractivity contribution in [3.05, 3.63) is 64.6 Å². The van der Waals surface area contributed by atoms with Crippen LogP contribution in [0.25, 0.3) is 11.3 Å². The second-order valence-electron chi connectivity index (χ2n) is 6.72. The Morgan fingerprint density at radius 3 is 2.52 bits per heavy atom. The van der Waals surface area contributed by atoms with Crippen LogP contribution in [0, 0.1) is 5.92 Å². The smallest absolute Gasteiger partial charge is 0.263 e. The Kier molecular flexibility index (Phi) is 6.62. The average molecular weight is 452 g/mol. The molecule has 6 nitrogen and oxygen atoms in total. The molecule has 0 unspecified atom stereocenters. The summed E-state index contributed by atoms with van der Waals surface area (Å²) in [7, 11) is -3.91. The summed E-state index contributed by atoms with van der Waals surface area (Å²) in [5.41, 5.74) is 1.65. The van der Waals surface area contributed by atoms with E-state index >= 15 is 0 Å². The standard InChI is InChI=1S/C20H19Cl2N3O3S/c1-13(2)12-28-20-9-8-18(23-24-20)14-4-3-5-16(10-14)25-29(26,27)19-11-15(21)6-7-17(19)22/h3-11,13,25H,12H2,1-2H3. The Hall–Kier alpha value is -2.35. The highest BCUT2D eigenvalue weighted by Crippen LogP contribution is 2.28. The predicted octanol–water partition coefficient (Wildman–Crippen LogP) is 5.29. The van der Waals surface area contributed by atoms with Gasteiger partial charge in [-0.15, -0.1) is 10.2 Å². The number of benzene rings is 2. The van der Waals surface area contributed by atoms with Crippen molar-refractivity contribution >= 4 is 38.9 Å². The normalized spacial score (nSPS) is 11.5. The minimum Gasteiger partial charge on any atom is -0.476 e. The van der Waals surface area contributed by atoms with E-state index in [4.69, 9.17) is 27.9 Å². The summed E-state index contributed by atoms with van der Waals surface area (Å²) in [5.74, 6) is 0.823. The molecule has 1 aromatic heterocycles. The van der Waals surface area contributed by atoms with Gasteiger partial charge in [0.05, 0.1) is 17.3 Å². The highest BCUT2D eigenvalue weighted by atomic mass is 35.5. The molecule has 0 radical (unpaired) electrons. The lowest BCUT2D eigenvalue weighted by Gasteiger charge is -2.11. The minimum atomic E-state index is -3.91. The van der Waals surface area contributed by atoms with Gasteiger partial charge in [-0.05, 0) is 42.3 Å². The Balaban J connectivity index is 1.81. The van der Waals surface area contributed by atoms with Crippen molar-refractivity contribution in [2.24, 2.45) is 5.92 Å². The van der Waals surface area contributed by atoms with Gasteiger partial charge in [-0.3, -0.25) is 4.72 Å². The van der Waals surface area contributed by atoms with E-state index in [1.807, 2.05) is 19.9 Å². The number of hydrogen-bond acceptors (Lipinski definition) is 5. The van der Waals surface area contributed by atoms with Gasteiger partial charge in [0.1, 0.15) is 4.90 Å². The van der Waals surface area contributed by atoms with Crippen molar-refractivity contribution in [2.45, 2.75) is 18.7 Å². The zero-order chi connectivity index (χ0) is 21.0. The number of aromatic nitrogens is 2. The number of anilines is 1. The van der Waals surface area contributed by atoms with Crippen LogP contribution in [0.1, 0.15) is 13.8 Å². The molecule has 1 heterocycles.